The third kappa shape index (κ3) is 4.55. The van der Waals surface area contributed by atoms with Crippen LogP contribution in [0.4, 0.5) is 17.6 Å². The molecule has 1 N–H and O–H groups in total. The molecule has 3 rings (SSSR count). The molecular weight excluding hydrogens is 340 g/mol. The number of halogens is 4. The van der Waals surface area contributed by atoms with E-state index < -0.39 is 24.4 Å². The summed E-state index contributed by atoms with van der Waals surface area (Å²) in [5, 5.41) is 6.43. The molecule has 1 aromatic carbocycles. The molecule has 0 spiro atoms. The molecule has 1 aromatic heterocycles. The largest absolute Gasteiger partial charge is 0.408 e. The van der Waals surface area contributed by atoms with E-state index in [1.807, 2.05) is 0 Å². The summed E-state index contributed by atoms with van der Waals surface area (Å²) in [4.78, 5) is 16.1. The van der Waals surface area contributed by atoms with E-state index in [9.17, 15) is 22.4 Å². The average Bonchev–Trinajstić information content (AvgIpc) is 3.30. The molecule has 134 valence electrons. The van der Waals surface area contributed by atoms with Crippen LogP contribution in [-0.4, -0.2) is 33.4 Å². The van der Waals surface area contributed by atoms with Crippen LogP contribution in [0.1, 0.15) is 40.8 Å². The van der Waals surface area contributed by atoms with Gasteiger partial charge in [-0.05, 0) is 25.0 Å². The van der Waals surface area contributed by atoms with Gasteiger partial charge in [0.15, 0.2) is 5.82 Å². The van der Waals surface area contributed by atoms with Gasteiger partial charge in [-0.2, -0.15) is 18.3 Å². The molecular formula is C16H16F4N4O. The van der Waals surface area contributed by atoms with Crippen LogP contribution in [0.15, 0.2) is 24.3 Å². The van der Waals surface area contributed by atoms with Crippen molar-refractivity contribution in [3.05, 3.63) is 47.3 Å². The van der Waals surface area contributed by atoms with Crippen molar-refractivity contribution in [3.63, 3.8) is 0 Å². The SMILES string of the molecule is O=C(NCCc1nc(C2CC2)nn1CC(F)(F)F)c1ccccc1F. The van der Waals surface area contributed by atoms with E-state index in [2.05, 4.69) is 15.4 Å². The van der Waals surface area contributed by atoms with Crippen molar-refractivity contribution in [1.82, 2.24) is 20.1 Å². The molecule has 0 radical (unpaired) electrons. The Kier molecular flexibility index (Phi) is 4.73. The lowest BCUT2D eigenvalue weighted by atomic mass is 10.2. The number of carbonyl (C=O) groups excluding carboxylic acids is 1. The normalized spacial score (nSPS) is 14.6. The number of rotatable bonds is 6. The Labute approximate surface area is 141 Å². The van der Waals surface area contributed by atoms with Crippen molar-refractivity contribution >= 4 is 5.91 Å². The summed E-state index contributed by atoms with van der Waals surface area (Å²) < 4.78 is 52.4. The van der Waals surface area contributed by atoms with Crippen molar-refractivity contribution in [2.24, 2.45) is 0 Å². The number of hydrogen-bond donors (Lipinski definition) is 1. The summed E-state index contributed by atoms with van der Waals surface area (Å²) in [6.45, 7) is -1.18. The second-order valence-electron chi connectivity index (χ2n) is 5.92. The second kappa shape index (κ2) is 6.81. The highest BCUT2D eigenvalue weighted by atomic mass is 19.4. The van der Waals surface area contributed by atoms with Crippen LogP contribution in [0.3, 0.4) is 0 Å². The van der Waals surface area contributed by atoms with Gasteiger partial charge in [-0.1, -0.05) is 12.1 Å². The van der Waals surface area contributed by atoms with Gasteiger partial charge in [0.2, 0.25) is 0 Å². The Morgan fingerprint density at radius 1 is 1.28 bits per heavy atom. The van der Waals surface area contributed by atoms with Crippen molar-refractivity contribution in [3.8, 4) is 0 Å². The predicted octanol–water partition coefficient (Wildman–Crippen LogP) is 2.83. The van der Waals surface area contributed by atoms with Gasteiger partial charge in [-0.15, -0.1) is 0 Å². The van der Waals surface area contributed by atoms with E-state index in [1.165, 1.54) is 18.2 Å². The molecule has 1 amide bonds. The first-order valence-corrected chi connectivity index (χ1v) is 7.86. The van der Waals surface area contributed by atoms with E-state index in [-0.39, 0.29) is 30.3 Å². The summed E-state index contributed by atoms with van der Waals surface area (Å²) in [6.07, 6.45) is -2.57. The third-order valence-corrected chi connectivity index (χ3v) is 3.79. The quantitative estimate of drug-likeness (QED) is 0.810. The van der Waals surface area contributed by atoms with Gasteiger partial charge in [0.05, 0.1) is 5.56 Å². The topological polar surface area (TPSA) is 59.8 Å². The molecule has 1 aliphatic carbocycles. The van der Waals surface area contributed by atoms with Gasteiger partial charge >= 0.3 is 6.18 Å². The molecule has 0 aliphatic heterocycles. The van der Waals surface area contributed by atoms with Crippen LogP contribution in [0.5, 0.6) is 0 Å². The summed E-state index contributed by atoms with van der Waals surface area (Å²) in [7, 11) is 0. The average molecular weight is 356 g/mol. The number of hydrogen-bond acceptors (Lipinski definition) is 3. The van der Waals surface area contributed by atoms with Crippen LogP contribution in [0.2, 0.25) is 0 Å². The lowest BCUT2D eigenvalue weighted by Crippen LogP contribution is -2.28. The highest BCUT2D eigenvalue weighted by Crippen LogP contribution is 2.38. The van der Waals surface area contributed by atoms with Gasteiger partial charge in [0, 0.05) is 18.9 Å². The maximum absolute atomic E-state index is 13.5. The first-order chi connectivity index (χ1) is 11.8. The minimum atomic E-state index is -4.40. The monoisotopic (exact) mass is 356 g/mol. The zero-order chi connectivity index (χ0) is 18.0. The fraction of sp³-hybridized carbons (Fsp3) is 0.438. The van der Waals surface area contributed by atoms with E-state index in [1.54, 1.807) is 0 Å². The summed E-state index contributed by atoms with van der Waals surface area (Å²) in [6, 6.07) is 5.49. The van der Waals surface area contributed by atoms with Crippen LogP contribution >= 0.6 is 0 Å². The Hall–Kier alpha value is -2.45. The van der Waals surface area contributed by atoms with E-state index in [4.69, 9.17) is 0 Å². The Morgan fingerprint density at radius 2 is 2.00 bits per heavy atom. The zero-order valence-electron chi connectivity index (χ0n) is 13.2. The molecule has 1 fully saturated rings. The number of alkyl halides is 3. The van der Waals surface area contributed by atoms with Crippen molar-refractivity contribution in [1.29, 1.82) is 0 Å². The minimum Gasteiger partial charge on any atom is -0.351 e. The number of amides is 1. The van der Waals surface area contributed by atoms with E-state index >= 15 is 0 Å². The third-order valence-electron chi connectivity index (χ3n) is 3.79. The van der Waals surface area contributed by atoms with E-state index in [0.717, 1.165) is 23.6 Å². The van der Waals surface area contributed by atoms with Gasteiger partial charge in [-0.3, -0.25) is 4.79 Å². The molecule has 25 heavy (non-hydrogen) atoms. The predicted molar refractivity (Wildman–Crippen MR) is 80.5 cm³/mol. The summed E-state index contributed by atoms with van der Waals surface area (Å²) in [5.74, 6) is -0.576. The highest BCUT2D eigenvalue weighted by Gasteiger charge is 2.33. The molecule has 0 unspecified atom stereocenters. The van der Waals surface area contributed by atoms with Gasteiger partial charge in [0.25, 0.3) is 5.91 Å². The maximum atomic E-state index is 13.5. The van der Waals surface area contributed by atoms with Gasteiger partial charge in [0.1, 0.15) is 18.2 Å². The molecule has 0 atom stereocenters. The first kappa shape index (κ1) is 17.4. The molecule has 2 aromatic rings. The molecule has 0 bridgehead atoms. The molecule has 5 nitrogen and oxygen atoms in total. The van der Waals surface area contributed by atoms with Crippen molar-refractivity contribution in [2.45, 2.75) is 37.9 Å². The lowest BCUT2D eigenvalue weighted by Gasteiger charge is -2.09. The lowest BCUT2D eigenvalue weighted by molar-refractivity contribution is -0.143. The second-order valence-corrected chi connectivity index (χ2v) is 5.92. The number of nitrogens with one attached hydrogen (secondary N) is 1. The standard InChI is InChI=1S/C16H16F4N4O/c17-12-4-2-1-3-11(12)15(25)21-8-7-13-22-14(10-5-6-10)23-24(13)9-16(18,19)20/h1-4,10H,5-9H2,(H,21,25). The minimum absolute atomic E-state index is 0.0355. The fourth-order valence-electron chi connectivity index (χ4n) is 2.42. The Balaban J connectivity index is 1.64. The Bertz CT molecular complexity index is 768. The van der Waals surface area contributed by atoms with Crippen LogP contribution < -0.4 is 5.32 Å². The van der Waals surface area contributed by atoms with Gasteiger partial charge in [-0.25, -0.2) is 14.1 Å². The van der Waals surface area contributed by atoms with Crippen molar-refractivity contribution in [2.75, 3.05) is 6.54 Å². The number of aromatic nitrogens is 3. The highest BCUT2D eigenvalue weighted by molar-refractivity contribution is 5.94. The molecule has 1 heterocycles. The van der Waals surface area contributed by atoms with E-state index in [0.29, 0.717) is 5.82 Å². The summed E-state index contributed by atoms with van der Waals surface area (Å²) >= 11 is 0. The smallest absolute Gasteiger partial charge is 0.351 e. The van der Waals surface area contributed by atoms with Gasteiger partial charge < -0.3 is 5.32 Å². The van der Waals surface area contributed by atoms with Crippen LogP contribution in [0, 0.1) is 5.82 Å². The Morgan fingerprint density at radius 3 is 2.64 bits per heavy atom. The molecule has 0 saturated heterocycles. The van der Waals surface area contributed by atoms with Crippen molar-refractivity contribution < 1.29 is 22.4 Å². The number of nitrogens with zero attached hydrogens (tertiary/aromatic N) is 3. The maximum Gasteiger partial charge on any atom is 0.408 e. The van der Waals surface area contributed by atoms with Crippen LogP contribution in [0.25, 0.3) is 0 Å². The number of carbonyl (C=O) groups is 1. The molecule has 9 heteroatoms. The molecule has 1 aliphatic rings. The zero-order valence-corrected chi connectivity index (χ0v) is 13.2. The van der Waals surface area contributed by atoms with Crippen LogP contribution in [-0.2, 0) is 13.0 Å². The fourth-order valence-corrected chi connectivity index (χ4v) is 2.42. The molecule has 1 saturated carbocycles. The first-order valence-electron chi connectivity index (χ1n) is 7.86. The number of benzene rings is 1. The summed E-state index contributed by atoms with van der Waals surface area (Å²) in [5.41, 5.74) is -0.113.